The number of nitrogens with zero attached hydrogens (tertiary/aromatic N) is 1. The third-order valence-corrected chi connectivity index (χ3v) is 6.08. The van der Waals surface area contributed by atoms with Gasteiger partial charge < -0.3 is 10.1 Å². The average Bonchev–Trinajstić information content (AvgIpc) is 3.36. The number of halogens is 3. The van der Waals surface area contributed by atoms with Crippen LogP contribution in [0.3, 0.4) is 0 Å². The zero-order valence-electron chi connectivity index (χ0n) is 16.5. The van der Waals surface area contributed by atoms with Gasteiger partial charge in [-0.3, -0.25) is 10.4 Å². The van der Waals surface area contributed by atoms with Crippen LogP contribution in [-0.4, -0.2) is 26.8 Å². The number of nitrogens with one attached hydrogen (secondary N) is 3. The maximum atomic E-state index is 14.4. The molecule has 5 nitrogen and oxygen atoms in total. The number of aromatic amines is 2. The molecule has 2 heterocycles. The molecule has 0 saturated heterocycles. The molecule has 1 aliphatic carbocycles. The van der Waals surface area contributed by atoms with Crippen molar-refractivity contribution in [1.29, 1.82) is 0 Å². The molecule has 1 unspecified atom stereocenters. The Morgan fingerprint density at radius 2 is 1.87 bits per heavy atom. The summed E-state index contributed by atoms with van der Waals surface area (Å²) in [5.74, 6) is -1.21. The highest BCUT2D eigenvalue weighted by Crippen LogP contribution is 2.48. The van der Waals surface area contributed by atoms with E-state index < -0.39 is 17.9 Å². The van der Waals surface area contributed by atoms with Crippen molar-refractivity contribution >= 4 is 10.9 Å². The van der Waals surface area contributed by atoms with Crippen molar-refractivity contribution in [2.24, 2.45) is 5.92 Å². The van der Waals surface area contributed by atoms with Crippen molar-refractivity contribution < 1.29 is 18.3 Å². The molecule has 4 aromatic rings. The first kappa shape index (κ1) is 19.8. The van der Waals surface area contributed by atoms with E-state index in [0.29, 0.717) is 29.1 Å². The summed E-state index contributed by atoms with van der Waals surface area (Å²) in [5.41, 5.74) is 3.19. The van der Waals surface area contributed by atoms with E-state index in [1.54, 1.807) is 24.5 Å². The summed E-state index contributed by atoms with van der Waals surface area (Å²) in [6, 6.07) is 8.19. The molecule has 2 aromatic heterocycles. The average molecular weight is 426 g/mol. The Hall–Kier alpha value is -3.10. The molecule has 2 aromatic carbocycles. The molecule has 4 N–H and O–H groups in total. The number of benzene rings is 2. The minimum atomic E-state index is -0.802. The van der Waals surface area contributed by atoms with E-state index in [1.807, 2.05) is 0 Å². The highest BCUT2D eigenvalue weighted by Gasteiger charge is 2.34. The molecule has 0 bridgehead atoms. The van der Waals surface area contributed by atoms with Gasteiger partial charge in [0.25, 0.3) is 0 Å². The summed E-state index contributed by atoms with van der Waals surface area (Å²) in [5, 5.41) is 20.3. The second kappa shape index (κ2) is 7.86. The fourth-order valence-electron chi connectivity index (χ4n) is 4.45. The zero-order valence-corrected chi connectivity index (χ0v) is 16.5. The second-order valence-corrected chi connectivity index (χ2v) is 8.11. The number of H-pyrrole nitrogens is 2. The van der Waals surface area contributed by atoms with Crippen LogP contribution in [0, 0.1) is 23.4 Å². The second-order valence-electron chi connectivity index (χ2n) is 8.11. The standard InChI is InChI=1S/C23H21F3N4O/c24-16-3-1-13(2-4-16)21-20(18-7-17(25)8-19(26)22(18)30-21)14-5-12(6-14)9-27-23(31)15-10-28-29-11-15/h1-4,7-8,10-12,14,23,27,30-31H,5-6,9H2,(H,28,29)/t12-,14-,23?. The molecule has 0 aliphatic heterocycles. The molecule has 1 aliphatic rings. The van der Waals surface area contributed by atoms with Gasteiger partial charge in [0.1, 0.15) is 23.7 Å². The summed E-state index contributed by atoms with van der Waals surface area (Å²) in [7, 11) is 0. The van der Waals surface area contributed by atoms with Crippen LogP contribution in [-0.2, 0) is 0 Å². The molecule has 0 spiro atoms. The SMILES string of the molecule is OC(NC[C@H]1C[C@H](c2c(-c3ccc(F)cc3)[nH]c3c(F)cc(F)cc32)C1)c1cn[nH]c1. The Labute approximate surface area is 176 Å². The minimum absolute atomic E-state index is 0.105. The first-order valence-electron chi connectivity index (χ1n) is 10.2. The summed E-state index contributed by atoms with van der Waals surface area (Å²) in [6.07, 6.45) is 4.01. The molecular formula is C23H21F3N4O. The third-order valence-electron chi connectivity index (χ3n) is 6.08. The highest BCUT2D eigenvalue weighted by molar-refractivity contribution is 5.92. The van der Waals surface area contributed by atoms with Crippen molar-refractivity contribution in [3.05, 3.63) is 77.4 Å². The van der Waals surface area contributed by atoms with E-state index in [-0.39, 0.29) is 17.3 Å². The van der Waals surface area contributed by atoms with Crippen molar-refractivity contribution in [3.8, 4) is 11.3 Å². The number of fused-ring (bicyclic) bond motifs is 1. The number of aliphatic hydroxyl groups excluding tert-OH is 1. The smallest absolute Gasteiger partial charge is 0.150 e. The molecule has 1 fully saturated rings. The lowest BCUT2D eigenvalue weighted by atomic mass is 9.70. The predicted molar refractivity (Wildman–Crippen MR) is 111 cm³/mol. The van der Waals surface area contributed by atoms with Gasteiger partial charge in [0.15, 0.2) is 0 Å². The molecule has 1 saturated carbocycles. The third kappa shape index (κ3) is 3.73. The van der Waals surface area contributed by atoms with Crippen LogP contribution in [0.4, 0.5) is 13.2 Å². The van der Waals surface area contributed by atoms with Gasteiger partial charge in [0.2, 0.25) is 0 Å². The molecule has 1 atom stereocenters. The lowest BCUT2D eigenvalue weighted by molar-refractivity contribution is 0.119. The van der Waals surface area contributed by atoms with Crippen molar-refractivity contribution in [1.82, 2.24) is 20.5 Å². The minimum Gasteiger partial charge on any atom is -0.374 e. The number of hydrogen-bond acceptors (Lipinski definition) is 3. The van der Waals surface area contributed by atoms with E-state index in [9.17, 15) is 18.3 Å². The van der Waals surface area contributed by atoms with Crippen LogP contribution >= 0.6 is 0 Å². The Balaban J connectivity index is 1.40. The predicted octanol–water partition coefficient (Wildman–Crippen LogP) is 4.75. The fraction of sp³-hybridized carbons (Fsp3) is 0.261. The Bertz CT molecular complexity index is 1200. The van der Waals surface area contributed by atoms with Crippen LogP contribution in [0.15, 0.2) is 48.8 Å². The van der Waals surface area contributed by atoms with Gasteiger partial charge in [-0.1, -0.05) is 0 Å². The fourth-order valence-corrected chi connectivity index (χ4v) is 4.45. The Morgan fingerprint density at radius 1 is 1.10 bits per heavy atom. The maximum Gasteiger partial charge on any atom is 0.150 e. The summed E-state index contributed by atoms with van der Waals surface area (Å²) in [6.45, 7) is 0.611. The lowest BCUT2D eigenvalue weighted by Crippen LogP contribution is -2.34. The van der Waals surface area contributed by atoms with E-state index in [0.717, 1.165) is 30.0 Å². The van der Waals surface area contributed by atoms with Crippen LogP contribution in [0.5, 0.6) is 0 Å². The summed E-state index contributed by atoms with van der Waals surface area (Å²) in [4.78, 5) is 3.10. The number of rotatable bonds is 6. The van der Waals surface area contributed by atoms with Gasteiger partial charge >= 0.3 is 0 Å². The number of aliphatic hydroxyl groups is 1. The monoisotopic (exact) mass is 426 g/mol. The van der Waals surface area contributed by atoms with Gasteiger partial charge in [-0.15, -0.1) is 0 Å². The molecule has 8 heteroatoms. The quantitative estimate of drug-likeness (QED) is 0.336. The van der Waals surface area contributed by atoms with Gasteiger partial charge in [-0.25, -0.2) is 13.2 Å². The van der Waals surface area contributed by atoms with Gasteiger partial charge in [0.05, 0.1) is 17.4 Å². The van der Waals surface area contributed by atoms with E-state index in [1.165, 1.54) is 18.2 Å². The van der Waals surface area contributed by atoms with Gasteiger partial charge in [-0.2, -0.15) is 5.10 Å². The lowest BCUT2D eigenvalue weighted by Gasteiger charge is -2.36. The first-order chi connectivity index (χ1) is 15.0. The maximum absolute atomic E-state index is 14.4. The normalized spacial score (nSPS) is 19.5. The molecular weight excluding hydrogens is 405 g/mol. The van der Waals surface area contributed by atoms with Crippen LogP contribution < -0.4 is 5.32 Å². The largest absolute Gasteiger partial charge is 0.374 e. The number of hydrogen-bond donors (Lipinski definition) is 4. The van der Waals surface area contributed by atoms with Crippen LogP contribution in [0.25, 0.3) is 22.2 Å². The topological polar surface area (TPSA) is 76.7 Å². The van der Waals surface area contributed by atoms with Gasteiger partial charge in [0, 0.05) is 29.8 Å². The zero-order chi connectivity index (χ0) is 21.5. The molecule has 0 radical (unpaired) electrons. The van der Waals surface area contributed by atoms with Gasteiger partial charge in [-0.05, 0) is 66.1 Å². The van der Waals surface area contributed by atoms with E-state index >= 15 is 0 Å². The van der Waals surface area contributed by atoms with Crippen LogP contribution in [0.1, 0.15) is 36.1 Å². The van der Waals surface area contributed by atoms with E-state index in [2.05, 4.69) is 20.5 Å². The highest BCUT2D eigenvalue weighted by atomic mass is 19.1. The molecule has 31 heavy (non-hydrogen) atoms. The Morgan fingerprint density at radius 3 is 2.58 bits per heavy atom. The first-order valence-corrected chi connectivity index (χ1v) is 10.2. The molecule has 5 rings (SSSR count). The molecule has 160 valence electrons. The van der Waals surface area contributed by atoms with Crippen molar-refractivity contribution in [2.75, 3.05) is 6.54 Å². The van der Waals surface area contributed by atoms with Crippen LogP contribution in [0.2, 0.25) is 0 Å². The Kier molecular flexibility index (Phi) is 5.03. The summed E-state index contributed by atoms with van der Waals surface area (Å²) >= 11 is 0. The summed E-state index contributed by atoms with van der Waals surface area (Å²) < 4.78 is 41.9. The van der Waals surface area contributed by atoms with Crippen molar-refractivity contribution in [2.45, 2.75) is 25.0 Å². The van der Waals surface area contributed by atoms with Crippen molar-refractivity contribution in [3.63, 3.8) is 0 Å². The number of aromatic nitrogens is 3. The molecule has 0 amide bonds. The van der Waals surface area contributed by atoms with E-state index in [4.69, 9.17) is 0 Å².